The van der Waals surface area contributed by atoms with Gasteiger partial charge in [0.25, 0.3) is 0 Å². The van der Waals surface area contributed by atoms with Crippen molar-refractivity contribution in [2.75, 3.05) is 0 Å². The summed E-state index contributed by atoms with van der Waals surface area (Å²) in [6.07, 6.45) is 0. The van der Waals surface area contributed by atoms with Crippen LogP contribution in [0.5, 0.6) is 0 Å². The Balaban J connectivity index is 3.03. The van der Waals surface area contributed by atoms with Crippen LogP contribution in [0.3, 0.4) is 0 Å². The SMILES string of the molecule is N#Cc1cccc(C(Br)C(=O)O)c1. The van der Waals surface area contributed by atoms with Crippen LogP contribution < -0.4 is 0 Å². The van der Waals surface area contributed by atoms with E-state index in [9.17, 15) is 4.79 Å². The summed E-state index contributed by atoms with van der Waals surface area (Å²) < 4.78 is 0. The van der Waals surface area contributed by atoms with Crippen LogP contribution in [0.15, 0.2) is 24.3 Å². The Morgan fingerprint density at radius 3 is 2.85 bits per heavy atom. The summed E-state index contributed by atoms with van der Waals surface area (Å²) in [7, 11) is 0. The van der Waals surface area contributed by atoms with E-state index in [4.69, 9.17) is 10.4 Å². The monoisotopic (exact) mass is 239 g/mol. The molecule has 13 heavy (non-hydrogen) atoms. The van der Waals surface area contributed by atoms with Crippen LogP contribution in [-0.2, 0) is 4.79 Å². The number of aliphatic carboxylic acids is 1. The highest BCUT2D eigenvalue weighted by atomic mass is 79.9. The van der Waals surface area contributed by atoms with Crippen LogP contribution in [0.25, 0.3) is 0 Å². The van der Waals surface area contributed by atoms with Gasteiger partial charge in [0.2, 0.25) is 0 Å². The van der Waals surface area contributed by atoms with Gasteiger partial charge < -0.3 is 5.11 Å². The fourth-order valence-electron chi connectivity index (χ4n) is 0.908. The van der Waals surface area contributed by atoms with E-state index in [0.29, 0.717) is 11.1 Å². The molecule has 0 aliphatic heterocycles. The van der Waals surface area contributed by atoms with Crippen LogP contribution in [0.4, 0.5) is 0 Å². The molecule has 0 heterocycles. The minimum atomic E-state index is -0.963. The summed E-state index contributed by atoms with van der Waals surface area (Å²) >= 11 is 3.00. The molecule has 0 aliphatic carbocycles. The predicted molar refractivity (Wildman–Crippen MR) is 50.5 cm³/mol. The molecule has 1 aromatic carbocycles. The maximum Gasteiger partial charge on any atom is 0.321 e. The zero-order valence-corrected chi connectivity index (χ0v) is 8.15. The normalized spacial score (nSPS) is 11.7. The van der Waals surface area contributed by atoms with Crippen molar-refractivity contribution in [1.82, 2.24) is 0 Å². The number of hydrogen-bond acceptors (Lipinski definition) is 2. The van der Waals surface area contributed by atoms with E-state index >= 15 is 0 Å². The van der Waals surface area contributed by atoms with Crippen molar-refractivity contribution < 1.29 is 9.90 Å². The van der Waals surface area contributed by atoms with Gasteiger partial charge in [-0.15, -0.1) is 0 Å². The first-order valence-electron chi connectivity index (χ1n) is 3.52. The lowest BCUT2D eigenvalue weighted by atomic mass is 10.1. The zero-order chi connectivity index (χ0) is 9.84. The molecule has 1 N–H and O–H groups in total. The number of halogens is 1. The highest BCUT2D eigenvalue weighted by Crippen LogP contribution is 2.23. The lowest BCUT2D eigenvalue weighted by Crippen LogP contribution is -2.04. The van der Waals surface area contributed by atoms with Crippen molar-refractivity contribution in [3.63, 3.8) is 0 Å². The minimum absolute atomic E-state index is 0.461. The number of alkyl halides is 1. The molecule has 1 aromatic rings. The Labute approximate surface area is 83.7 Å². The summed E-state index contributed by atoms with van der Waals surface area (Å²) in [5.74, 6) is -0.963. The van der Waals surface area contributed by atoms with Gasteiger partial charge in [-0.1, -0.05) is 28.1 Å². The summed E-state index contributed by atoms with van der Waals surface area (Å²) in [4.78, 5) is 9.82. The first kappa shape index (κ1) is 9.75. The quantitative estimate of drug-likeness (QED) is 0.805. The maximum atomic E-state index is 10.6. The van der Waals surface area contributed by atoms with Crippen LogP contribution >= 0.6 is 15.9 Å². The van der Waals surface area contributed by atoms with Gasteiger partial charge in [0, 0.05) is 0 Å². The van der Waals surface area contributed by atoms with Crippen LogP contribution in [0, 0.1) is 11.3 Å². The Hall–Kier alpha value is -1.34. The Bertz CT molecular complexity index is 370. The molecule has 0 aromatic heterocycles. The van der Waals surface area contributed by atoms with Gasteiger partial charge in [0.05, 0.1) is 11.6 Å². The second-order valence-corrected chi connectivity index (χ2v) is 3.35. The summed E-state index contributed by atoms with van der Waals surface area (Å²) in [5, 5.41) is 17.2. The molecule has 1 unspecified atom stereocenters. The lowest BCUT2D eigenvalue weighted by molar-refractivity contribution is -0.136. The highest BCUT2D eigenvalue weighted by molar-refractivity contribution is 9.09. The van der Waals surface area contributed by atoms with Crippen molar-refractivity contribution in [2.24, 2.45) is 0 Å². The second-order valence-electron chi connectivity index (χ2n) is 2.44. The topological polar surface area (TPSA) is 61.1 Å². The molecule has 0 saturated carbocycles. The van der Waals surface area contributed by atoms with Crippen molar-refractivity contribution in [2.45, 2.75) is 4.83 Å². The molecule has 0 radical (unpaired) electrons. The third-order valence-electron chi connectivity index (χ3n) is 1.53. The van der Waals surface area contributed by atoms with Gasteiger partial charge in [0.1, 0.15) is 4.83 Å². The van der Waals surface area contributed by atoms with Gasteiger partial charge in [-0.2, -0.15) is 5.26 Å². The molecule has 66 valence electrons. The summed E-state index contributed by atoms with van der Waals surface area (Å²) in [5.41, 5.74) is 1.04. The van der Waals surface area contributed by atoms with E-state index < -0.39 is 10.8 Å². The molecular formula is C9H6BrNO2. The summed E-state index contributed by atoms with van der Waals surface area (Å²) in [6, 6.07) is 8.45. The molecule has 1 atom stereocenters. The average molecular weight is 240 g/mol. The predicted octanol–water partition coefficient (Wildman–Crippen LogP) is 2.08. The second kappa shape index (κ2) is 4.06. The fraction of sp³-hybridized carbons (Fsp3) is 0.111. The van der Waals surface area contributed by atoms with Crippen molar-refractivity contribution in [3.8, 4) is 6.07 Å². The molecule has 0 saturated heterocycles. The number of nitrogens with zero attached hydrogens (tertiary/aromatic N) is 1. The molecule has 1 rings (SSSR count). The maximum absolute atomic E-state index is 10.6. The number of rotatable bonds is 2. The molecule has 3 nitrogen and oxygen atoms in total. The zero-order valence-electron chi connectivity index (χ0n) is 6.57. The van der Waals surface area contributed by atoms with Gasteiger partial charge in [-0.3, -0.25) is 4.79 Å². The molecule has 0 aliphatic rings. The molecule has 4 heteroatoms. The summed E-state index contributed by atoms with van der Waals surface area (Å²) in [6.45, 7) is 0. The van der Waals surface area contributed by atoms with E-state index in [1.165, 1.54) is 0 Å². The first-order chi connectivity index (χ1) is 6.15. The van der Waals surface area contributed by atoms with E-state index in [0.717, 1.165) is 0 Å². The third-order valence-corrected chi connectivity index (χ3v) is 2.45. The fourth-order valence-corrected chi connectivity index (χ4v) is 1.19. The van der Waals surface area contributed by atoms with E-state index in [-0.39, 0.29) is 0 Å². The number of hydrogen-bond donors (Lipinski definition) is 1. The van der Waals surface area contributed by atoms with Crippen LogP contribution in [0.2, 0.25) is 0 Å². The number of carboxylic acid groups (broad SMARTS) is 1. The van der Waals surface area contributed by atoms with E-state index in [1.54, 1.807) is 24.3 Å². The molecular weight excluding hydrogens is 234 g/mol. The van der Waals surface area contributed by atoms with Crippen LogP contribution in [0.1, 0.15) is 16.0 Å². The number of carbonyl (C=O) groups is 1. The van der Waals surface area contributed by atoms with E-state index in [2.05, 4.69) is 15.9 Å². The molecule has 0 amide bonds. The highest BCUT2D eigenvalue weighted by Gasteiger charge is 2.15. The number of benzene rings is 1. The molecule has 0 fully saturated rings. The Kier molecular flexibility index (Phi) is 3.04. The standard InChI is InChI=1S/C9H6BrNO2/c10-8(9(12)13)7-3-1-2-6(4-7)5-11/h1-4,8H,(H,12,13). The average Bonchev–Trinajstić information content (AvgIpc) is 2.16. The molecule has 0 spiro atoms. The van der Waals surface area contributed by atoms with E-state index in [1.807, 2.05) is 6.07 Å². The Morgan fingerprint density at radius 1 is 1.62 bits per heavy atom. The van der Waals surface area contributed by atoms with Gasteiger partial charge in [-0.05, 0) is 17.7 Å². The van der Waals surface area contributed by atoms with Crippen LogP contribution in [-0.4, -0.2) is 11.1 Å². The number of carboxylic acids is 1. The minimum Gasteiger partial charge on any atom is -0.480 e. The Morgan fingerprint density at radius 2 is 2.31 bits per heavy atom. The number of nitriles is 1. The smallest absolute Gasteiger partial charge is 0.321 e. The lowest BCUT2D eigenvalue weighted by Gasteiger charge is -2.03. The van der Waals surface area contributed by atoms with Crippen molar-refractivity contribution in [1.29, 1.82) is 5.26 Å². The largest absolute Gasteiger partial charge is 0.480 e. The third kappa shape index (κ3) is 2.30. The van der Waals surface area contributed by atoms with Gasteiger partial charge in [-0.25, -0.2) is 0 Å². The van der Waals surface area contributed by atoms with Gasteiger partial charge in [0.15, 0.2) is 0 Å². The first-order valence-corrected chi connectivity index (χ1v) is 4.43. The van der Waals surface area contributed by atoms with Crippen molar-refractivity contribution in [3.05, 3.63) is 35.4 Å². The van der Waals surface area contributed by atoms with Gasteiger partial charge >= 0.3 is 5.97 Å². The molecule has 0 bridgehead atoms. The van der Waals surface area contributed by atoms with Crippen molar-refractivity contribution >= 4 is 21.9 Å².